The molecule has 2 heterocycles. The number of benzene rings is 1. The normalized spacial score (nSPS) is 12.0. The number of halogens is 3. The molecule has 0 bridgehead atoms. The standard InChI is InChI=1S/C14H8F3NO3/c15-14(16,17)8-2-1-3-11-7(8)6-12(21-11)9-4-5-10(18-9)13(19)20/h1-6,18H,(H,19,20). The molecule has 0 aliphatic carbocycles. The number of carboxylic acid groups (broad SMARTS) is 1. The molecule has 0 atom stereocenters. The zero-order valence-corrected chi connectivity index (χ0v) is 10.4. The molecule has 0 amide bonds. The van der Waals surface area contributed by atoms with E-state index in [9.17, 15) is 18.0 Å². The second kappa shape index (κ2) is 4.41. The van der Waals surface area contributed by atoms with E-state index in [4.69, 9.17) is 9.52 Å². The molecule has 108 valence electrons. The highest BCUT2D eigenvalue weighted by molar-refractivity contribution is 5.88. The molecule has 0 fully saturated rings. The lowest BCUT2D eigenvalue weighted by atomic mass is 10.1. The number of hydrogen-bond donors (Lipinski definition) is 2. The minimum Gasteiger partial charge on any atom is -0.477 e. The van der Waals surface area contributed by atoms with Crippen molar-refractivity contribution in [2.24, 2.45) is 0 Å². The van der Waals surface area contributed by atoms with Crippen molar-refractivity contribution in [3.63, 3.8) is 0 Å². The Labute approximate surface area is 115 Å². The number of aromatic carboxylic acids is 1. The van der Waals surface area contributed by atoms with Crippen molar-refractivity contribution in [3.05, 3.63) is 47.7 Å². The van der Waals surface area contributed by atoms with Gasteiger partial charge in [0.1, 0.15) is 11.3 Å². The smallest absolute Gasteiger partial charge is 0.417 e. The second-order valence-electron chi connectivity index (χ2n) is 4.42. The molecule has 0 saturated heterocycles. The number of carboxylic acids is 1. The summed E-state index contributed by atoms with van der Waals surface area (Å²) >= 11 is 0. The van der Waals surface area contributed by atoms with Crippen molar-refractivity contribution in [2.45, 2.75) is 6.18 Å². The Hall–Kier alpha value is -2.70. The van der Waals surface area contributed by atoms with E-state index in [1.165, 1.54) is 30.3 Å². The van der Waals surface area contributed by atoms with Crippen molar-refractivity contribution >= 4 is 16.9 Å². The summed E-state index contributed by atoms with van der Waals surface area (Å²) in [6.45, 7) is 0. The Balaban J connectivity index is 2.15. The number of aromatic amines is 1. The Morgan fingerprint density at radius 1 is 1.19 bits per heavy atom. The molecule has 21 heavy (non-hydrogen) atoms. The van der Waals surface area contributed by atoms with Crippen LogP contribution in [0.25, 0.3) is 22.4 Å². The molecule has 2 N–H and O–H groups in total. The van der Waals surface area contributed by atoms with E-state index in [-0.39, 0.29) is 22.4 Å². The first-order chi connectivity index (χ1) is 9.86. The van der Waals surface area contributed by atoms with Crippen LogP contribution in [0.15, 0.2) is 40.8 Å². The molecule has 3 rings (SSSR count). The average molecular weight is 295 g/mol. The molecular formula is C14H8F3NO3. The number of fused-ring (bicyclic) bond motifs is 1. The number of rotatable bonds is 2. The lowest BCUT2D eigenvalue weighted by Crippen LogP contribution is -2.04. The summed E-state index contributed by atoms with van der Waals surface area (Å²) in [5.41, 5.74) is -0.468. The van der Waals surface area contributed by atoms with E-state index < -0.39 is 17.7 Å². The van der Waals surface area contributed by atoms with Crippen molar-refractivity contribution in [1.29, 1.82) is 0 Å². The van der Waals surface area contributed by atoms with Crippen molar-refractivity contribution in [1.82, 2.24) is 4.98 Å². The maximum absolute atomic E-state index is 12.9. The van der Waals surface area contributed by atoms with Gasteiger partial charge in [-0.2, -0.15) is 13.2 Å². The fourth-order valence-corrected chi connectivity index (χ4v) is 2.10. The summed E-state index contributed by atoms with van der Waals surface area (Å²) in [5, 5.41) is 8.76. The summed E-state index contributed by atoms with van der Waals surface area (Å²) < 4.78 is 44.1. The van der Waals surface area contributed by atoms with Crippen LogP contribution < -0.4 is 0 Å². The molecule has 0 aliphatic rings. The Morgan fingerprint density at radius 3 is 2.57 bits per heavy atom. The topological polar surface area (TPSA) is 66.2 Å². The molecule has 7 heteroatoms. The van der Waals surface area contributed by atoms with E-state index in [0.717, 1.165) is 6.07 Å². The Kier molecular flexibility index (Phi) is 2.79. The molecular weight excluding hydrogens is 287 g/mol. The van der Waals surface area contributed by atoms with Crippen LogP contribution in [-0.2, 0) is 6.18 Å². The average Bonchev–Trinajstić information content (AvgIpc) is 3.03. The molecule has 2 aromatic heterocycles. The minimum absolute atomic E-state index is 0.0634. The zero-order valence-electron chi connectivity index (χ0n) is 10.4. The largest absolute Gasteiger partial charge is 0.477 e. The SMILES string of the molecule is O=C(O)c1ccc(-c2cc3c(C(F)(F)F)cccc3o2)[nH]1. The van der Waals surface area contributed by atoms with Crippen LogP contribution >= 0.6 is 0 Å². The lowest BCUT2D eigenvalue weighted by molar-refractivity contribution is -0.136. The maximum Gasteiger partial charge on any atom is 0.417 e. The molecule has 4 nitrogen and oxygen atoms in total. The Bertz CT molecular complexity index is 829. The first kappa shape index (κ1) is 13.3. The fourth-order valence-electron chi connectivity index (χ4n) is 2.10. The van der Waals surface area contributed by atoms with Gasteiger partial charge in [-0.05, 0) is 30.3 Å². The van der Waals surface area contributed by atoms with Crippen molar-refractivity contribution in [2.75, 3.05) is 0 Å². The van der Waals surface area contributed by atoms with Gasteiger partial charge in [0.2, 0.25) is 0 Å². The van der Waals surface area contributed by atoms with Gasteiger partial charge >= 0.3 is 12.1 Å². The molecule has 3 aromatic rings. The van der Waals surface area contributed by atoms with Crippen LogP contribution in [0.2, 0.25) is 0 Å². The quantitative estimate of drug-likeness (QED) is 0.746. The predicted molar refractivity (Wildman–Crippen MR) is 68.0 cm³/mol. The van der Waals surface area contributed by atoms with Gasteiger partial charge in [-0.25, -0.2) is 4.79 Å². The highest BCUT2D eigenvalue weighted by Gasteiger charge is 2.33. The number of nitrogens with one attached hydrogen (secondary N) is 1. The third-order valence-electron chi connectivity index (χ3n) is 3.05. The summed E-state index contributed by atoms with van der Waals surface area (Å²) in [4.78, 5) is 13.4. The van der Waals surface area contributed by atoms with Gasteiger partial charge in [0.15, 0.2) is 5.76 Å². The van der Waals surface area contributed by atoms with Gasteiger partial charge in [-0.3, -0.25) is 0 Å². The van der Waals surface area contributed by atoms with E-state index in [1.807, 2.05) is 0 Å². The van der Waals surface area contributed by atoms with Crippen LogP contribution in [0.4, 0.5) is 13.2 Å². The molecule has 0 aliphatic heterocycles. The molecule has 0 radical (unpaired) electrons. The van der Waals surface area contributed by atoms with Crippen molar-refractivity contribution in [3.8, 4) is 11.5 Å². The van der Waals surface area contributed by atoms with Gasteiger partial charge in [0.25, 0.3) is 0 Å². The number of H-pyrrole nitrogens is 1. The van der Waals surface area contributed by atoms with Gasteiger partial charge < -0.3 is 14.5 Å². The third kappa shape index (κ3) is 2.26. The highest BCUT2D eigenvalue weighted by Crippen LogP contribution is 2.37. The first-order valence-electron chi connectivity index (χ1n) is 5.88. The molecule has 0 saturated carbocycles. The van der Waals surface area contributed by atoms with E-state index in [0.29, 0.717) is 5.69 Å². The van der Waals surface area contributed by atoms with Gasteiger partial charge in [-0.15, -0.1) is 0 Å². The van der Waals surface area contributed by atoms with E-state index >= 15 is 0 Å². The number of hydrogen-bond acceptors (Lipinski definition) is 2. The van der Waals surface area contributed by atoms with Gasteiger partial charge in [0, 0.05) is 5.39 Å². The summed E-state index contributed by atoms with van der Waals surface area (Å²) in [5.74, 6) is -1.01. The third-order valence-corrected chi connectivity index (χ3v) is 3.05. The van der Waals surface area contributed by atoms with E-state index in [1.54, 1.807) is 0 Å². The second-order valence-corrected chi connectivity index (χ2v) is 4.42. The zero-order chi connectivity index (χ0) is 15.2. The number of alkyl halides is 3. The number of furan rings is 1. The minimum atomic E-state index is -4.48. The van der Waals surface area contributed by atoms with Crippen LogP contribution in [-0.4, -0.2) is 16.1 Å². The summed E-state index contributed by atoms with van der Waals surface area (Å²) in [7, 11) is 0. The van der Waals surface area contributed by atoms with Gasteiger partial charge in [-0.1, -0.05) is 6.07 Å². The van der Waals surface area contributed by atoms with Crippen LogP contribution in [0, 0.1) is 0 Å². The van der Waals surface area contributed by atoms with Crippen LogP contribution in [0.3, 0.4) is 0 Å². The molecule has 0 unspecified atom stereocenters. The van der Waals surface area contributed by atoms with E-state index in [2.05, 4.69) is 4.98 Å². The monoisotopic (exact) mass is 295 g/mol. The van der Waals surface area contributed by atoms with Gasteiger partial charge in [0.05, 0.1) is 11.3 Å². The summed E-state index contributed by atoms with van der Waals surface area (Å²) in [6, 6.07) is 7.66. The first-order valence-corrected chi connectivity index (χ1v) is 5.88. The molecule has 0 spiro atoms. The number of carbonyl (C=O) groups is 1. The lowest BCUT2D eigenvalue weighted by Gasteiger charge is -2.06. The summed E-state index contributed by atoms with van der Waals surface area (Å²) in [6.07, 6.45) is -4.48. The predicted octanol–water partition coefficient (Wildman–Crippen LogP) is 4.14. The fraction of sp³-hybridized carbons (Fsp3) is 0.0714. The van der Waals surface area contributed by atoms with Crippen LogP contribution in [0.1, 0.15) is 16.1 Å². The molecule has 1 aromatic carbocycles. The Morgan fingerprint density at radius 2 is 1.95 bits per heavy atom. The maximum atomic E-state index is 12.9. The highest BCUT2D eigenvalue weighted by atomic mass is 19.4. The van der Waals surface area contributed by atoms with Crippen molar-refractivity contribution < 1.29 is 27.5 Å². The van der Waals surface area contributed by atoms with Crippen LogP contribution in [0.5, 0.6) is 0 Å². The number of aromatic nitrogens is 1.